The van der Waals surface area contributed by atoms with Crippen LogP contribution in [0.5, 0.6) is 0 Å². The van der Waals surface area contributed by atoms with Crippen LogP contribution < -0.4 is 10.6 Å². The van der Waals surface area contributed by atoms with Crippen molar-refractivity contribution in [2.45, 2.75) is 87.4 Å². The third-order valence-corrected chi connectivity index (χ3v) is 9.78. The molecule has 7 nitrogen and oxygen atoms in total. The van der Waals surface area contributed by atoms with Gasteiger partial charge in [0.15, 0.2) is 0 Å². The van der Waals surface area contributed by atoms with Gasteiger partial charge in [-0.3, -0.25) is 14.4 Å². The highest BCUT2D eigenvalue weighted by Crippen LogP contribution is 2.66. The van der Waals surface area contributed by atoms with E-state index in [1.807, 2.05) is 37.3 Å². The van der Waals surface area contributed by atoms with Crippen LogP contribution >= 0.6 is 11.8 Å². The summed E-state index contributed by atoms with van der Waals surface area (Å²) in [5, 5.41) is 15.5. The molecule has 192 valence electrons. The van der Waals surface area contributed by atoms with Gasteiger partial charge in [0.2, 0.25) is 17.7 Å². The number of unbranched alkanes of at least 4 members (excludes halogenated alkanes) is 2. The predicted molar refractivity (Wildman–Crippen MR) is 138 cm³/mol. The van der Waals surface area contributed by atoms with E-state index in [2.05, 4.69) is 17.6 Å². The average molecular weight is 502 g/mol. The number of hydrogen-bond acceptors (Lipinski definition) is 5. The summed E-state index contributed by atoms with van der Waals surface area (Å²) >= 11 is 1.71. The van der Waals surface area contributed by atoms with E-state index in [0.29, 0.717) is 19.5 Å². The van der Waals surface area contributed by atoms with Crippen molar-refractivity contribution in [3.63, 3.8) is 0 Å². The molecule has 3 fully saturated rings. The minimum Gasteiger partial charge on any atom is -0.396 e. The minimum atomic E-state index is -0.546. The Morgan fingerprint density at radius 2 is 1.97 bits per heavy atom. The molecule has 0 radical (unpaired) electrons. The lowest BCUT2D eigenvalue weighted by molar-refractivity contribution is -0.140. The van der Waals surface area contributed by atoms with Gasteiger partial charge in [0.25, 0.3) is 0 Å². The molecule has 8 heteroatoms. The van der Waals surface area contributed by atoms with Crippen LogP contribution in [0.15, 0.2) is 30.3 Å². The Kier molecular flexibility index (Phi) is 8.42. The molecule has 3 amide bonds. The number of benzene rings is 1. The molecule has 3 unspecified atom stereocenters. The summed E-state index contributed by atoms with van der Waals surface area (Å²) in [6.07, 6.45) is 5.73. The number of aliphatic hydroxyl groups is 1. The predicted octanol–water partition coefficient (Wildman–Crippen LogP) is 2.86. The normalized spacial score (nSPS) is 29.8. The molecule has 6 atom stereocenters. The Hall–Kier alpha value is -2.06. The molecule has 1 aromatic carbocycles. The van der Waals surface area contributed by atoms with E-state index in [1.54, 1.807) is 16.7 Å². The molecule has 1 aromatic rings. The monoisotopic (exact) mass is 501 g/mol. The second-order valence-corrected chi connectivity index (χ2v) is 11.9. The fourth-order valence-corrected chi connectivity index (χ4v) is 8.51. The van der Waals surface area contributed by atoms with Gasteiger partial charge in [0, 0.05) is 31.0 Å². The molecule has 3 heterocycles. The van der Waals surface area contributed by atoms with Crippen LogP contribution in [0.25, 0.3) is 0 Å². The number of carbonyl (C=O) groups excluding carboxylic acids is 3. The van der Waals surface area contributed by atoms with Gasteiger partial charge in [-0.1, -0.05) is 43.7 Å². The maximum absolute atomic E-state index is 13.9. The summed E-state index contributed by atoms with van der Waals surface area (Å²) in [4.78, 5) is 42.7. The Morgan fingerprint density at radius 1 is 1.20 bits per heavy atom. The Balaban J connectivity index is 1.55. The van der Waals surface area contributed by atoms with Gasteiger partial charge in [-0.25, -0.2) is 0 Å². The van der Waals surface area contributed by atoms with E-state index in [4.69, 9.17) is 5.11 Å². The van der Waals surface area contributed by atoms with Crippen molar-refractivity contribution in [1.29, 1.82) is 0 Å². The first-order chi connectivity index (χ1) is 16.9. The number of aliphatic hydroxyl groups excluding tert-OH is 1. The number of thioether (sulfide) groups is 1. The summed E-state index contributed by atoms with van der Waals surface area (Å²) in [7, 11) is 0. The second-order valence-electron chi connectivity index (χ2n) is 10.3. The van der Waals surface area contributed by atoms with E-state index in [1.165, 1.54) is 0 Å². The van der Waals surface area contributed by atoms with E-state index < -0.39 is 22.6 Å². The highest BCUT2D eigenvalue weighted by Gasteiger charge is 2.73. The van der Waals surface area contributed by atoms with E-state index in [9.17, 15) is 14.4 Å². The first-order valence-electron chi connectivity index (χ1n) is 13.1. The number of nitrogens with one attached hydrogen (secondary N) is 2. The number of hydrogen-bond donors (Lipinski definition) is 3. The molecular weight excluding hydrogens is 462 g/mol. The summed E-state index contributed by atoms with van der Waals surface area (Å²) in [5.41, 5.74) is 1.02. The number of carbonyl (C=O) groups is 3. The van der Waals surface area contributed by atoms with Crippen molar-refractivity contribution in [3.05, 3.63) is 35.9 Å². The van der Waals surface area contributed by atoms with Crippen LogP contribution in [0.1, 0.15) is 64.4 Å². The smallest absolute Gasteiger partial charge is 0.244 e. The van der Waals surface area contributed by atoms with Crippen LogP contribution in [-0.4, -0.2) is 63.0 Å². The van der Waals surface area contributed by atoms with Crippen molar-refractivity contribution >= 4 is 29.5 Å². The van der Waals surface area contributed by atoms with Gasteiger partial charge in [0.05, 0.1) is 16.6 Å². The summed E-state index contributed by atoms with van der Waals surface area (Å²) in [6, 6.07) is 9.29. The standard InChI is InChI=1S/C27H39N3O4S/c1-3-10-18(2)29-25(33)23-27-14-13-20(35-27)21(24(32)28-17-19-11-6-4-7-12-19)22(27)26(34)30(23)15-8-5-9-16-31/h4,6-7,11-12,18,20-23,31H,3,5,8-10,13-17H2,1-2H3,(H,28,32)(H,29,33)/t18?,20-,21+,22+,23?,27?/m1/s1. The topological polar surface area (TPSA) is 98.7 Å². The van der Waals surface area contributed by atoms with Crippen molar-refractivity contribution in [3.8, 4) is 0 Å². The fraction of sp³-hybridized carbons (Fsp3) is 0.667. The van der Waals surface area contributed by atoms with Gasteiger partial charge in [-0.2, -0.15) is 0 Å². The molecule has 3 aliphatic heterocycles. The highest BCUT2D eigenvalue weighted by atomic mass is 32.2. The lowest BCUT2D eigenvalue weighted by atomic mass is 9.70. The maximum atomic E-state index is 13.9. The Morgan fingerprint density at radius 3 is 2.69 bits per heavy atom. The average Bonchev–Trinajstić information content (AvgIpc) is 3.48. The highest BCUT2D eigenvalue weighted by molar-refractivity contribution is 8.02. The van der Waals surface area contributed by atoms with Crippen molar-refractivity contribution in [1.82, 2.24) is 15.5 Å². The Labute approximate surface area is 212 Å². The largest absolute Gasteiger partial charge is 0.396 e. The molecule has 4 rings (SSSR count). The van der Waals surface area contributed by atoms with Gasteiger partial charge in [0.1, 0.15) is 6.04 Å². The summed E-state index contributed by atoms with van der Waals surface area (Å²) in [5.74, 6) is -1.07. The quantitative estimate of drug-likeness (QED) is 0.383. The molecule has 35 heavy (non-hydrogen) atoms. The van der Waals surface area contributed by atoms with Crippen LogP contribution in [0.3, 0.4) is 0 Å². The van der Waals surface area contributed by atoms with Crippen LogP contribution in [0.4, 0.5) is 0 Å². The molecule has 2 bridgehead atoms. The molecule has 3 aliphatic rings. The number of amides is 3. The number of fused-ring (bicyclic) bond motifs is 1. The van der Waals surface area contributed by atoms with Crippen molar-refractivity contribution in [2.24, 2.45) is 11.8 Å². The molecule has 0 aliphatic carbocycles. The second kappa shape index (κ2) is 11.3. The van der Waals surface area contributed by atoms with E-state index in [0.717, 1.165) is 44.1 Å². The van der Waals surface area contributed by atoms with Gasteiger partial charge >= 0.3 is 0 Å². The van der Waals surface area contributed by atoms with E-state index >= 15 is 0 Å². The first kappa shape index (κ1) is 26.0. The third-order valence-electron chi connectivity index (χ3n) is 7.83. The SMILES string of the molecule is CCCC(C)NC(=O)C1N(CCCCCO)C(=O)[C@@H]2[C@@H](C(=O)NCc3ccccc3)[C@H]3CCC12S3. The lowest BCUT2D eigenvalue weighted by Gasteiger charge is -2.35. The zero-order valence-corrected chi connectivity index (χ0v) is 21.7. The molecule has 3 N–H and O–H groups in total. The zero-order chi connectivity index (χ0) is 25.0. The van der Waals surface area contributed by atoms with Crippen molar-refractivity contribution in [2.75, 3.05) is 13.2 Å². The van der Waals surface area contributed by atoms with Crippen molar-refractivity contribution < 1.29 is 19.5 Å². The molecular formula is C27H39N3O4S. The fourth-order valence-electron chi connectivity index (χ4n) is 6.29. The summed E-state index contributed by atoms with van der Waals surface area (Å²) < 4.78 is -0.538. The van der Waals surface area contributed by atoms with E-state index in [-0.39, 0.29) is 35.6 Å². The van der Waals surface area contributed by atoms with Gasteiger partial charge in [-0.05, 0) is 51.0 Å². The van der Waals surface area contributed by atoms with Crippen LogP contribution in [0, 0.1) is 11.8 Å². The molecule has 3 saturated heterocycles. The molecule has 0 aromatic heterocycles. The maximum Gasteiger partial charge on any atom is 0.244 e. The number of rotatable bonds is 12. The van der Waals surface area contributed by atoms with Crippen LogP contribution in [0.2, 0.25) is 0 Å². The van der Waals surface area contributed by atoms with Gasteiger partial charge < -0.3 is 20.6 Å². The zero-order valence-electron chi connectivity index (χ0n) is 20.9. The third kappa shape index (κ3) is 5.10. The van der Waals surface area contributed by atoms with Crippen LogP contribution in [-0.2, 0) is 20.9 Å². The molecule has 1 spiro atoms. The lowest BCUT2D eigenvalue weighted by Crippen LogP contribution is -2.55. The Bertz CT molecular complexity index is 913. The summed E-state index contributed by atoms with van der Waals surface area (Å²) in [6.45, 7) is 5.15. The number of nitrogens with zero attached hydrogens (tertiary/aromatic N) is 1. The minimum absolute atomic E-state index is 0.0443. The van der Waals surface area contributed by atoms with Gasteiger partial charge in [-0.15, -0.1) is 11.8 Å². The molecule has 0 saturated carbocycles. The first-order valence-corrected chi connectivity index (χ1v) is 14.0. The number of likely N-dealkylation sites (tertiary alicyclic amines) is 1.